The van der Waals surface area contributed by atoms with Crippen molar-refractivity contribution in [1.29, 1.82) is 5.26 Å². The topological polar surface area (TPSA) is 36.7 Å². The van der Waals surface area contributed by atoms with Crippen LogP contribution in [0.15, 0.2) is 18.2 Å². The maximum absolute atomic E-state index is 13.4. The molecule has 0 aliphatic heterocycles. The second kappa shape index (κ2) is 3.65. The Morgan fingerprint density at radius 1 is 1.27 bits per heavy atom. The summed E-state index contributed by atoms with van der Waals surface area (Å²) >= 11 is 11.4. The van der Waals surface area contributed by atoms with Crippen molar-refractivity contribution in [3.8, 4) is 6.07 Å². The highest BCUT2D eigenvalue weighted by Gasteiger charge is 2.09. The van der Waals surface area contributed by atoms with Gasteiger partial charge in [-0.05, 0) is 18.2 Å². The summed E-state index contributed by atoms with van der Waals surface area (Å²) in [5.41, 5.74) is 0.314. The molecule has 15 heavy (non-hydrogen) atoms. The average Bonchev–Trinajstić information content (AvgIpc) is 2.18. The quantitative estimate of drug-likeness (QED) is 0.661. The van der Waals surface area contributed by atoms with Gasteiger partial charge < -0.3 is 0 Å². The minimum absolute atomic E-state index is 0.00813. The Morgan fingerprint density at radius 2 is 2.00 bits per heavy atom. The van der Waals surface area contributed by atoms with E-state index < -0.39 is 5.82 Å². The highest BCUT2D eigenvalue weighted by Crippen LogP contribution is 2.25. The lowest BCUT2D eigenvalue weighted by atomic mass is 10.1. The first-order valence-electron chi connectivity index (χ1n) is 3.97. The average molecular weight is 241 g/mol. The SMILES string of the molecule is N#Cc1cc2cc(Cl)cc(F)c2nc1Cl. The second-order valence-electron chi connectivity index (χ2n) is 2.90. The minimum Gasteiger partial charge on any atom is -0.232 e. The molecule has 0 saturated carbocycles. The molecule has 0 bridgehead atoms. The fraction of sp³-hybridized carbons (Fsp3) is 0. The number of benzene rings is 1. The zero-order valence-electron chi connectivity index (χ0n) is 7.26. The summed E-state index contributed by atoms with van der Waals surface area (Å²) < 4.78 is 13.4. The molecule has 74 valence electrons. The molecule has 0 unspecified atom stereocenters. The van der Waals surface area contributed by atoms with Crippen LogP contribution in [0.2, 0.25) is 10.2 Å². The third-order valence-electron chi connectivity index (χ3n) is 1.91. The number of hydrogen-bond donors (Lipinski definition) is 0. The smallest absolute Gasteiger partial charge is 0.150 e. The molecule has 0 radical (unpaired) electrons. The Labute approximate surface area is 94.9 Å². The summed E-state index contributed by atoms with van der Waals surface area (Å²) in [6.07, 6.45) is 0. The maximum Gasteiger partial charge on any atom is 0.150 e. The van der Waals surface area contributed by atoms with Crippen LogP contribution in [0, 0.1) is 17.1 Å². The number of aromatic nitrogens is 1. The van der Waals surface area contributed by atoms with E-state index in [4.69, 9.17) is 28.5 Å². The van der Waals surface area contributed by atoms with Crippen molar-refractivity contribution in [3.63, 3.8) is 0 Å². The largest absolute Gasteiger partial charge is 0.232 e. The van der Waals surface area contributed by atoms with Gasteiger partial charge in [-0.1, -0.05) is 23.2 Å². The van der Waals surface area contributed by atoms with E-state index >= 15 is 0 Å². The van der Waals surface area contributed by atoms with Crippen molar-refractivity contribution in [2.24, 2.45) is 0 Å². The predicted molar refractivity (Wildman–Crippen MR) is 56.4 cm³/mol. The van der Waals surface area contributed by atoms with E-state index in [0.29, 0.717) is 5.39 Å². The van der Waals surface area contributed by atoms with Crippen LogP contribution in [0.1, 0.15) is 5.56 Å². The zero-order valence-corrected chi connectivity index (χ0v) is 8.77. The van der Waals surface area contributed by atoms with E-state index in [1.54, 1.807) is 0 Å². The molecule has 0 saturated heterocycles. The fourth-order valence-corrected chi connectivity index (χ4v) is 1.66. The van der Waals surface area contributed by atoms with Crippen molar-refractivity contribution in [1.82, 2.24) is 4.98 Å². The molecule has 1 heterocycles. The van der Waals surface area contributed by atoms with Gasteiger partial charge in [-0.25, -0.2) is 9.37 Å². The van der Waals surface area contributed by atoms with Crippen molar-refractivity contribution < 1.29 is 4.39 Å². The van der Waals surface area contributed by atoms with Gasteiger partial charge in [0.2, 0.25) is 0 Å². The van der Waals surface area contributed by atoms with Gasteiger partial charge in [0, 0.05) is 10.4 Å². The molecule has 0 fully saturated rings. The zero-order chi connectivity index (χ0) is 11.0. The van der Waals surface area contributed by atoms with Crippen LogP contribution in [0.5, 0.6) is 0 Å². The molecule has 0 N–H and O–H groups in total. The molecule has 0 spiro atoms. The number of hydrogen-bond acceptors (Lipinski definition) is 2. The first kappa shape index (κ1) is 10.2. The van der Waals surface area contributed by atoms with Crippen molar-refractivity contribution in [2.75, 3.05) is 0 Å². The van der Waals surface area contributed by atoms with Crippen molar-refractivity contribution in [2.45, 2.75) is 0 Å². The van der Waals surface area contributed by atoms with Crippen LogP contribution < -0.4 is 0 Å². The number of rotatable bonds is 0. The predicted octanol–water partition coefficient (Wildman–Crippen LogP) is 3.55. The van der Waals surface area contributed by atoms with Gasteiger partial charge in [0.15, 0.2) is 5.82 Å². The Hall–Kier alpha value is -1.37. The van der Waals surface area contributed by atoms with Gasteiger partial charge in [0.1, 0.15) is 16.7 Å². The highest BCUT2D eigenvalue weighted by molar-refractivity contribution is 6.32. The minimum atomic E-state index is -0.552. The summed E-state index contributed by atoms with van der Waals surface area (Å²) in [5.74, 6) is -0.552. The number of nitrogens with zero attached hydrogens (tertiary/aromatic N) is 2. The lowest BCUT2D eigenvalue weighted by Crippen LogP contribution is -1.89. The molecule has 1 aromatic heterocycles. The van der Waals surface area contributed by atoms with Gasteiger partial charge in [0.25, 0.3) is 0 Å². The van der Waals surface area contributed by atoms with Crippen LogP contribution in [0.25, 0.3) is 10.9 Å². The monoisotopic (exact) mass is 240 g/mol. The van der Waals surface area contributed by atoms with Crippen LogP contribution in [-0.4, -0.2) is 4.98 Å². The molecule has 2 nitrogen and oxygen atoms in total. The van der Waals surface area contributed by atoms with E-state index in [0.717, 1.165) is 6.07 Å². The van der Waals surface area contributed by atoms with Gasteiger partial charge >= 0.3 is 0 Å². The standard InChI is InChI=1S/C10H3Cl2FN2/c11-7-2-5-1-6(4-14)10(12)15-9(5)8(13)3-7/h1-3H. The maximum atomic E-state index is 13.4. The second-order valence-corrected chi connectivity index (χ2v) is 3.69. The van der Waals surface area contributed by atoms with E-state index in [2.05, 4.69) is 4.98 Å². The third-order valence-corrected chi connectivity index (χ3v) is 2.42. The summed E-state index contributed by atoms with van der Waals surface area (Å²) in [7, 11) is 0. The van der Waals surface area contributed by atoms with Crippen LogP contribution in [0.4, 0.5) is 4.39 Å². The van der Waals surface area contributed by atoms with Gasteiger partial charge in [-0.2, -0.15) is 5.26 Å². The summed E-state index contributed by atoms with van der Waals surface area (Å²) in [4.78, 5) is 3.80. The van der Waals surface area contributed by atoms with E-state index in [1.807, 2.05) is 6.07 Å². The van der Waals surface area contributed by atoms with Gasteiger partial charge in [0.05, 0.1) is 5.56 Å². The molecule has 2 aromatic rings. The normalized spacial score (nSPS) is 10.3. The molecule has 0 aliphatic rings. The number of fused-ring (bicyclic) bond motifs is 1. The van der Waals surface area contributed by atoms with Crippen LogP contribution in [-0.2, 0) is 0 Å². The number of pyridine rings is 1. The fourth-order valence-electron chi connectivity index (χ4n) is 1.27. The summed E-state index contributed by atoms with van der Waals surface area (Å²) in [5, 5.41) is 9.42. The Bertz CT molecular complexity index is 590. The first-order chi connectivity index (χ1) is 7.11. The van der Waals surface area contributed by atoms with Crippen molar-refractivity contribution in [3.05, 3.63) is 39.8 Å². The third kappa shape index (κ3) is 1.74. The van der Waals surface area contributed by atoms with E-state index in [1.165, 1.54) is 12.1 Å². The number of halogens is 3. The Morgan fingerprint density at radius 3 is 2.67 bits per heavy atom. The van der Waals surface area contributed by atoms with E-state index in [9.17, 15) is 4.39 Å². The molecule has 0 atom stereocenters. The van der Waals surface area contributed by atoms with Crippen molar-refractivity contribution >= 4 is 34.1 Å². The van der Waals surface area contributed by atoms with Gasteiger partial charge in [-0.15, -0.1) is 0 Å². The number of nitriles is 1. The molecule has 0 amide bonds. The first-order valence-corrected chi connectivity index (χ1v) is 4.73. The van der Waals surface area contributed by atoms with E-state index in [-0.39, 0.29) is 21.3 Å². The summed E-state index contributed by atoms with van der Waals surface area (Å²) in [6.45, 7) is 0. The lowest BCUT2D eigenvalue weighted by Gasteiger charge is -2.01. The van der Waals surface area contributed by atoms with Gasteiger partial charge in [-0.3, -0.25) is 0 Å². The van der Waals surface area contributed by atoms with Crippen LogP contribution >= 0.6 is 23.2 Å². The summed E-state index contributed by atoms with van der Waals surface area (Å²) in [6, 6.07) is 6.01. The van der Waals surface area contributed by atoms with Crippen LogP contribution in [0.3, 0.4) is 0 Å². The molecular formula is C10H3Cl2FN2. The lowest BCUT2D eigenvalue weighted by molar-refractivity contribution is 0.637. The molecule has 5 heteroatoms. The molecule has 1 aromatic carbocycles. The molecule has 2 rings (SSSR count). The Balaban J connectivity index is 2.89. The Kier molecular flexibility index (Phi) is 2.47. The highest BCUT2D eigenvalue weighted by atomic mass is 35.5. The molecule has 0 aliphatic carbocycles. The molecular weight excluding hydrogens is 238 g/mol.